The normalized spacial score (nSPS) is 16.5. The number of benzene rings is 1. The minimum absolute atomic E-state index is 0.0743. The number of carbonyl (C=O) groups is 1. The van der Waals surface area contributed by atoms with Gasteiger partial charge in [-0.25, -0.2) is 8.42 Å². The molecule has 8 heteroatoms. The molecule has 1 aromatic rings. The molecule has 0 aliphatic carbocycles. The molecular weight excluding hydrogens is 344 g/mol. The summed E-state index contributed by atoms with van der Waals surface area (Å²) in [7, 11) is -1.77. The molecule has 25 heavy (non-hydrogen) atoms. The number of nitrogens with one attached hydrogen (secondary N) is 1. The van der Waals surface area contributed by atoms with Gasteiger partial charge >= 0.3 is 0 Å². The zero-order valence-electron chi connectivity index (χ0n) is 14.5. The Kier molecular flexibility index (Phi) is 6.98. The van der Waals surface area contributed by atoms with Crippen LogP contribution in [0.4, 0.5) is 0 Å². The van der Waals surface area contributed by atoms with E-state index < -0.39 is 10.0 Å². The average Bonchev–Trinajstić information content (AvgIpc) is 2.62. The van der Waals surface area contributed by atoms with Gasteiger partial charge in [0.1, 0.15) is 5.75 Å². The molecule has 1 heterocycles. The number of sulfonamides is 1. The maximum atomic E-state index is 12.2. The Bertz CT molecular complexity index is 707. The minimum Gasteiger partial charge on any atom is -0.497 e. The molecule has 1 amide bonds. The van der Waals surface area contributed by atoms with Crippen LogP contribution in [0.15, 0.2) is 30.3 Å². The lowest BCUT2D eigenvalue weighted by atomic mass is 10.1. The number of allylic oxidation sites excluding steroid dienone is 1. The van der Waals surface area contributed by atoms with E-state index in [0.29, 0.717) is 26.3 Å². The van der Waals surface area contributed by atoms with Gasteiger partial charge in [-0.2, -0.15) is 4.31 Å². The summed E-state index contributed by atoms with van der Waals surface area (Å²) in [6.45, 7) is 3.46. The summed E-state index contributed by atoms with van der Waals surface area (Å²) in [4.78, 5) is 12.0. The van der Waals surface area contributed by atoms with E-state index in [2.05, 4.69) is 5.32 Å². The van der Waals surface area contributed by atoms with Crippen molar-refractivity contribution in [2.75, 3.05) is 45.7 Å². The van der Waals surface area contributed by atoms with Crippen LogP contribution in [0, 0.1) is 0 Å². The molecule has 1 aliphatic heterocycles. The van der Waals surface area contributed by atoms with E-state index in [4.69, 9.17) is 9.47 Å². The fourth-order valence-electron chi connectivity index (χ4n) is 2.44. The second-order valence-corrected chi connectivity index (χ2v) is 7.76. The maximum absolute atomic E-state index is 12.2. The Morgan fingerprint density at radius 1 is 1.28 bits per heavy atom. The van der Waals surface area contributed by atoms with Crippen molar-refractivity contribution in [3.05, 3.63) is 35.9 Å². The van der Waals surface area contributed by atoms with Crippen LogP contribution in [0.5, 0.6) is 5.75 Å². The molecule has 138 valence electrons. The second-order valence-electron chi connectivity index (χ2n) is 5.67. The number of ether oxygens (including phenoxy) is 2. The Morgan fingerprint density at radius 3 is 2.52 bits per heavy atom. The van der Waals surface area contributed by atoms with Gasteiger partial charge in [0.25, 0.3) is 0 Å². The van der Waals surface area contributed by atoms with Crippen molar-refractivity contribution < 1.29 is 22.7 Å². The molecule has 1 saturated heterocycles. The smallest absolute Gasteiger partial charge is 0.244 e. The number of amides is 1. The Hall–Kier alpha value is -1.90. The fraction of sp³-hybridized carbons (Fsp3) is 0.471. The fourth-order valence-corrected chi connectivity index (χ4v) is 3.77. The van der Waals surface area contributed by atoms with Crippen molar-refractivity contribution in [1.82, 2.24) is 9.62 Å². The third-order valence-electron chi connectivity index (χ3n) is 3.92. The molecule has 0 radical (unpaired) electrons. The molecule has 2 rings (SSSR count). The van der Waals surface area contributed by atoms with Crippen molar-refractivity contribution in [3.63, 3.8) is 0 Å². The van der Waals surface area contributed by atoms with Crippen molar-refractivity contribution in [2.45, 2.75) is 6.92 Å². The quantitative estimate of drug-likeness (QED) is 0.722. The molecule has 1 fully saturated rings. The van der Waals surface area contributed by atoms with E-state index in [1.54, 1.807) is 7.11 Å². The summed E-state index contributed by atoms with van der Waals surface area (Å²) in [5.41, 5.74) is 1.69. The van der Waals surface area contributed by atoms with E-state index in [0.717, 1.165) is 16.9 Å². The average molecular weight is 368 g/mol. The molecule has 0 atom stereocenters. The number of nitrogens with zero attached hydrogens (tertiary/aromatic N) is 1. The van der Waals surface area contributed by atoms with Gasteiger partial charge in [-0.1, -0.05) is 12.1 Å². The summed E-state index contributed by atoms with van der Waals surface area (Å²) in [6.07, 6.45) is 1.46. The van der Waals surface area contributed by atoms with Gasteiger partial charge in [0.05, 0.1) is 26.1 Å². The van der Waals surface area contributed by atoms with Gasteiger partial charge < -0.3 is 14.8 Å². The highest BCUT2D eigenvalue weighted by Gasteiger charge is 2.23. The lowest BCUT2D eigenvalue weighted by Gasteiger charge is -2.25. The molecule has 0 bridgehead atoms. The van der Waals surface area contributed by atoms with Crippen molar-refractivity contribution in [3.8, 4) is 5.75 Å². The summed E-state index contributed by atoms with van der Waals surface area (Å²) in [5.74, 6) is 0.313. The molecule has 0 spiro atoms. The zero-order valence-corrected chi connectivity index (χ0v) is 15.3. The van der Waals surface area contributed by atoms with Crippen molar-refractivity contribution in [2.24, 2.45) is 0 Å². The monoisotopic (exact) mass is 368 g/mol. The molecule has 1 aliphatic rings. The van der Waals surface area contributed by atoms with Crippen LogP contribution in [0.2, 0.25) is 0 Å². The van der Waals surface area contributed by atoms with E-state index in [-0.39, 0.29) is 18.2 Å². The Morgan fingerprint density at radius 2 is 1.92 bits per heavy atom. The first-order chi connectivity index (χ1) is 11.9. The second kappa shape index (κ2) is 8.98. The first kappa shape index (κ1) is 19.4. The van der Waals surface area contributed by atoms with E-state index in [1.807, 2.05) is 31.2 Å². The molecule has 1 N–H and O–H groups in total. The highest BCUT2D eigenvalue weighted by molar-refractivity contribution is 7.89. The van der Waals surface area contributed by atoms with Crippen LogP contribution in [0.25, 0.3) is 5.57 Å². The van der Waals surface area contributed by atoms with Crippen LogP contribution in [-0.2, 0) is 19.6 Å². The molecule has 1 aromatic carbocycles. The predicted molar refractivity (Wildman–Crippen MR) is 95.8 cm³/mol. The number of rotatable bonds is 7. The first-order valence-corrected chi connectivity index (χ1v) is 9.69. The van der Waals surface area contributed by atoms with Gasteiger partial charge in [-0.15, -0.1) is 0 Å². The van der Waals surface area contributed by atoms with E-state index in [1.165, 1.54) is 10.4 Å². The highest BCUT2D eigenvalue weighted by atomic mass is 32.2. The van der Waals surface area contributed by atoms with E-state index in [9.17, 15) is 13.2 Å². The van der Waals surface area contributed by atoms with Crippen LogP contribution < -0.4 is 10.1 Å². The van der Waals surface area contributed by atoms with Gasteiger partial charge in [0, 0.05) is 25.7 Å². The number of hydrogen-bond donors (Lipinski definition) is 1. The van der Waals surface area contributed by atoms with Crippen LogP contribution in [0.3, 0.4) is 0 Å². The van der Waals surface area contributed by atoms with Gasteiger partial charge in [0.2, 0.25) is 15.9 Å². The first-order valence-electron chi connectivity index (χ1n) is 8.08. The number of carbonyl (C=O) groups excluding carboxylic acids is 1. The Labute approximate surface area is 148 Å². The summed E-state index contributed by atoms with van der Waals surface area (Å²) < 4.78 is 36.0. The SMILES string of the molecule is COc1ccc(/C(C)=C/C(=O)NCCS(=O)(=O)N2CCOCC2)cc1. The molecule has 0 saturated carbocycles. The van der Waals surface area contributed by atoms with Crippen LogP contribution >= 0.6 is 0 Å². The summed E-state index contributed by atoms with van der Waals surface area (Å²) >= 11 is 0. The topological polar surface area (TPSA) is 84.9 Å². The zero-order chi connectivity index (χ0) is 18.3. The standard InChI is InChI=1S/C17H24N2O5S/c1-14(15-3-5-16(23-2)6-4-15)13-17(20)18-7-12-25(21,22)19-8-10-24-11-9-19/h3-6,13H,7-12H2,1-2H3,(H,18,20)/b14-13+. The van der Waals surface area contributed by atoms with Gasteiger partial charge in [0.15, 0.2) is 0 Å². The van der Waals surface area contributed by atoms with Crippen molar-refractivity contribution >= 4 is 21.5 Å². The maximum Gasteiger partial charge on any atom is 0.244 e. The van der Waals surface area contributed by atoms with Crippen LogP contribution in [-0.4, -0.2) is 64.3 Å². The Balaban J connectivity index is 1.84. The van der Waals surface area contributed by atoms with Crippen molar-refractivity contribution in [1.29, 1.82) is 0 Å². The largest absolute Gasteiger partial charge is 0.497 e. The summed E-state index contributed by atoms with van der Waals surface area (Å²) in [5, 5.41) is 2.62. The van der Waals surface area contributed by atoms with Gasteiger partial charge in [-0.05, 0) is 30.2 Å². The van der Waals surface area contributed by atoms with E-state index >= 15 is 0 Å². The highest BCUT2D eigenvalue weighted by Crippen LogP contribution is 2.17. The number of morpholine rings is 1. The molecular formula is C17H24N2O5S. The number of methoxy groups -OCH3 is 1. The van der Waals surface area contributed by atoms with Crippen LogP contribution in [0.1, 0.15) is 12.5 Å². The summed E-state index contributed by atoms with van der Waals surface area (Å²) in [6, 6.07) is 7.36. The lowest BCUT2D eigenvalue weighted by Crippen LogP contribution is -2.43. The molecule has 7 nitrogen and oxygen atoms in total. The molecule has 0 aromatic heterocycles. The van der Waals surface area contributed by atoms with Gasteiger partial charge in [-0.3, -0.25) is 4.79 Å². The lowest BCUT2D eigenvalue weighted by molar-refractivity contribution is -0.116. The minimum atomic E-state index is -3.36. The third kappa shape index (κ3) is 5.84. The molecule has 0 unspecified atom stereocenters. The predicted octanol–water partition coefficient (Wildman–Crippen LogP) is 0.877. The third-order valence-corrected chi connectivity index (χ3v) is 5.79. The number of hydrogen-bond acceptors (Lipinski definition) is 5.